The average Bonchev–Trinajstić information content (AvgIpc) is 2.45. The number of nitrogens with zero attached hydrogens (tertiary/aromatic N) is 1. The van der Waals surface area contributed by atoms with E-state index in [-0.39, 0.29) is 12.1 Å². The van der Waals surface area contributed by atoms with Gasteiger partial charge in [-0.05, 0) is 45.2 Å². The molecule has 0 fully saturated rings. The molecule has 0 heterocycles. The fourth-order valence-electron chi connectivity index (χ4n) is 2.64. The van der Waals surface area contributed by atoms with Crippen LogP contribution in [0, 0.1) is 0 Å². The summed E-state index contributed by atoms with van der Waals surface area (Å²) in [6, 6.07) is 9.01. The van der Waals surface area contributed by atoms with Gasteiger partial charge in [-0.1, -0.05) is 32.0 Å². The number of anilines is 1. The number of aliphatic hydroxyl groups is 1. The molecule has 21 heavy (non-hydrogen) atoms. The van der Waals surface area contributed by atoms with Gasteiger partial charge in [0.05, 0.1) is 6.61 Å². The minimum absolute atomic E-state index is 0.101. The lowest BCUT2D eigenvalue weighted by Crippen LogP contribution is -2.39. The van der Waals surface area contributed by atoms with Gasteiger partial charge in [0.2, 0.25) is 0 Å². The van der Waals surface area contributed by atoms with Crippen LogP contribution in [0.1, 0.15) is 53.0 Å². The number of aliphatic hydroxyl groups excluding tert-OH is 1. The van der Waals surface area contributed by atoms with E-state index in [4.69, 9.17) is 0 Å². The van der Waals surface area contributed by atoms with Crippen LogP contribution in [0.3, 0.4) is 0 Å². The van der Waals surface area contributed by atoms with E-state index in [1.165, 1.54) is 11.3 Å². The zero-order valence-electron chi connectivity index (χ0n) is 14.3. The van der Waals surface area contributed by atoms with Crippen molar-refractivity contribution in [2.45, 2.75) is 65.6 Å². The molecule has 0 radical (unpaired) electrons. The summed E-state index contributed by atoms with van der Waals surface area (Å²) in [7, 11) is 0. The molecule has 3 heteroatoms. The second-order valence-electron chi connectivity index (χ2n) is 6.62. The van der Waals surface area contributed by atoms with E-state index in [0.717, 1.165) is 19.4 Å². The van der Waals surface area contributed by atoms with E-state index >= 15 is 0 Å². The number of hydrogen-bond donors (Lipinski definition) is 2. The molecule has 0 saturated heterocycles. The highest BCUT2D eigenvalue weighted by molar-refractivity contribution is 5.54. The molecule has 2 N–H and O–H groups in total. The van der Waals surface area contributed by atoms with Crippen molar-refractivity contribution in [3.8, 4) is 0 Å². The SMILES string of the molecule is CCC(CC)N(CCO)c1ccccc1CNC(C)(C)C. The van der Waals surface area contributed by atoms with Crippen LogP contribution in [-0.2, 0) is 6.54 Å². The van der Waals surface area contributed by atoms with Gasteiger partial charge in [0.1, 0.15) is 0 Å². The van der Waals surface area contributed by atoms with E-state index in [1.54, 1.807) is 0 Å². The first kappa shape index (κ1) is 18.0. The van der Waals surface area contributed by atoms with Crippen molar-refractivity contribution in [2.75, 3.05) is 18.1 Å². The van der Waals surface area contributed by atoms with Crippen molar-refractivity contribution >= 4 is 5.69 Å². The second-order valence-corrected chi connectivity index (χ2v) is 6.62. The summed E-state index contributed by atoms with van der Waals surface area (Å²) in [5.74, 6) is 0. The number of hydrogen-bond acceptors (Lipinski definition) is 3. The number of nitrogens with one attached hydrogen (secondary N) is 1. The van der Waals surface area contributed by atoms with Crippen LogP contribution in [0.2, 0.25) is 0 Å². The summed E-state index contributed by atoms with van der Waals surface area (Å²) in [6.45, 7) is 12.7. The van der Waals surface area contributed by atoms with Gasteiger partial charge < -0.3 is 15.3 Å². The van der Waals surface area contributed by atoms with E-state index < -0.39 is 0 Å². The normalized spacial score (nSPS) is 12.0. The molecule has 0 aliphatic heterocycles. The van der Waals surface area contributed by atoms with E-state index in [2.05, 4.69) is 69.1 Å². The van der Waals surface area contributed by atoms with Crippen LogP contribution < -0.4 is 10.2 Å². The van der Waals surface area contributed by atoms with Gasteiger partial charge in [-0.25, -0.2) is 0 Å². The van der Waals surface area contributed by atoms with Gasteiger partial charge in [-0.3, -0.25) is 0 Å². The third-order valence-corrected chi connectivity index (χ3v) is 3.83. The van der Waals surface area contributed by atoms with Crippen LogP contribution in [0.25, 0.3) is 0 Å². The molecule has 1 aromatic carbocycles. The standard InChI is InChI=1S/C18H32N2O/c1-6-16(7-2)20(12-13-21)17-11-9-8-10-15(17)14-19-18(3,4)5/h8-11,16,19,21H,6-7,12-14H2,1-5H3. The first-order chi connectivity index (χ1) is 9.92. The molecule has 120 valence electrons. The van der Waals surface area contributed by atoms with Crippen molar-refractivity contribution in [1.82, 2.24) is 5.32 Å². The lowest BCUT2D eigenvalue weighted by atomic mass is 10.0. The molecule has 0 spiro atoms. The largest absolute Gasteiger partial charge is 0.395 e. The maximum Gasteiger partial charge on any atom is 0.0606 e. The number of para-hydroxylation sites is 1. The number of rotatable bonds is 8. The maximum absolute atomic E-state index is 9.43. The van der Waals surface area contributed by atoms with Gasteiger partial charge in [-0.2, -0.15) is 0 Å². The van der Waals surface area contributed by atoms with Gasteiger partial charge in [0.15, 0.2) is 0 Å². The van der Waals surface area contributed by atoms with Crippen LogP contribution in [0.15, 0.2) is 24.3 Å². The van der Waals surface area contributed by atoms with E-state index in [1.807, 2.05) is 0 Å². The summed E-state index contributed by atoms with van der Waals surface area (Å²) in [5.41, 5.74) is 2.65. The summed E-state index contributed by atoms with van der Waals surface area (Å²) in [5, 5.41) is 13.0. The molecule has 0 bridgehead atoms. The maximum atomic E-state index is 9.43. The lowest BCUT2D eigenvalue weighted by Gasteiger charge is -2.34. The fourth-order valence-corrected chi connectivity index (χ4v) is 2.64. The summed E-state index contributed by atoms with van der Waals surface area (Å²) < 4.78 is 0. The van der Waals surface area contributed by atoms with Gasteiger partial charge in [0.25, 0.3) is 0 Å². The first-order valence-electron chi connectivity index (χ1n) is 8.13. The average molecular weight is 292 g/mol. The summed E-state index contributed by atoms with van der Waals surface area (Å²) in [6.07, 6.45) is 2.19. The van der Waals surface area contributed by atoms with E-state index in [9.17, 15) is 5.11 Å². The Kier molecular flexibility index (Phi) is 7.20. The summed E-state index contributed by atoms with van der Waals surface area (Å²) >= 11 is 0. The second kappa shape index (κ2) is 8.40. The van der Waals surface area contributed by atoms with Crippen molar-refractivity contribution in [1.29, 1.82) is 0 Å². The highest BCUT2D eigenvalue weighted by Gasteiger charge is 2.18. The van der Waals surface area contributed by atoms with Crippen molar-refractivity contribution < 1.29 is 5.11 Å². The molecule has 0 aliphatic carbocycles. The summed E-state index contributed by atoms with van der Waals surface area (Å²) in [4.78, 5) is 2.36. The smallest absolute Gasteiger partial charge is 0.0606 e. The molecule has 1 aromatic rings. The van der Waals surface area contributed by atoms with Crippen LogP contribution in [-0.4, -0.2) is 29.8 Å². The number of benzene rings is 1. The molecule has 0 aliphatic rings. The Morgan fingerprint density at radius 3 is 2.29 bits per heavy atom. The van der Waals surface area contributed by atoms with Crippen LogP contribution in [0.5, 0.6) is 0 Å². The van der Waals surface area contributed by atoms with Gasteiger partial charge in [0, 0.05) is 30.4 Å². The first-order valence-corrected chi connectivity index (χ1v) is 8.13. The van der Waals surface area contributed by atoms with Gasteiger partial charge >= 0.3 is 0 Å². The molecule has 1 rings (SSSR count). The van der Waals surface area contributed by atoms with Crippen molar-refractivity contribution in [2.24, 2.45) is 0 Å². The zero-order chi connectivity index (χ0) is 15.9. The Morgan fingerprint density at radius 2 is 1.76 bits per heavy atom. The highest BCUT2D eigenvalue weighted by Crippen LogP contribution is 2.25. The van der Waals surface area contributed by atoms with Crippen molar-refractivity contribution in [3.63, 3.8) is 0 Å². The van der Waals surface area contributed by atoms with Crippen LogP contribution in [0.4, 0.5) is 5.69 Å². The predicted octanol–water partition coefficient (Wildman–Crippen LogP) is 3.56. The Bertz CT molecular complexity index is 408. The molecular formula is C18H32N2O. The topological polar surface area (TPSA) is 35.5 Å². The minimum Gasteiger partial charge on any atom is -0.395 e. The highest BCUT2D eigenvalue weighted by atomic mass is 16.3. The Labute approximate surface area is 130 Å². The Balaban J connectivity index is 3.02. The molecule has 0 aromatic heterocycles. The molecule has 0 amide bonds. The molecular weight excluding hydrogens is 260 g/mol. The molecule has 0 saturated carbocycles. The minimum atomic E-state index is 0.101. The Hall–Kier alpha value is -1.06. The zero-order valence-corrected chi connectivity index (χ0v) is 14.3. The molecule has 0 atom stereocenters. The monoisotopic (exact) mass is 292 g/mol. The Morgan fingerprint density at radius 1 is 1.14 bits per heavy atom. The molecule has 0 unspecified atom stereocenters. The third-order valence-electron chi connectivity index (χ3n) is 3.83. The third kappa shape index (κ3) is 5.68. The van der Waals surface area contributed by atoms with Crippen molar-refractivity contribution in [3.05, 3.63) is 29.8 Å². The van der Waals surface area contributed by atoms with E-state index in [0.29, 0.717) is 12.6 Å². The van der Waals surface area contributed by atoms with Gasteiger partial charge in [-0.15, -0.1) is 0 Å². The predicted molar refractivity (Wildman–Crippen MR) is 91.8 cm³/mol. The fraction of sp³-hybridized carbons (Fsp3) is 0.667. The molecule has 3 nitrogen and oxygen atoms in total. The quantitative estimate of drug-likeness (QED) is 0.769. The lowest BCUT2D eigenvalue weighted by molar-refractivity contribution is 0.295. The van der Waals surface area contributed by atoms with Crippen LogP contribution >= 0.6 is 0 Å².